The molecule has 0 saturated carbocycles. The summed E-state index contributed by atoms with van der Waals surface area (Å²) < 4.78 is 48.9. The van der Waals surface area contributed by atoms with Crippen LogP contribution in [0, 0.1) is 5.82 Å². The van der Waals surface area contributed by atoms with E-state index in [1.165, 1.54) is 36.5 Å². The third kappa shape index (κ3) is 5.14. The van der Waals surface area contributed by atoms with Gasteiger partial charge in [-0.15, -0.1) is 8.78 Å². The van der Waals surface area contributed by atoms with Crippen LogP contribution in [0.2, 0.25) is 0 Å². The van der Waals surface area contributed by atoms with Crippen LogP contribution >= 0.6 is 0 Å². The molecule has 4 rings (SSSR count). The van der Waals surface area contributed by atoms with Crippen LogP contribution < -0.4 is 25.8 Å². The first-order chi connectivity index (χ1) is 15.7. The molecule has 1 aromatic heterocycles. The average Bonchev–Trinajstić information content (AvgIpc) is 3.08. The number of alkyl halides is 2. The lowest BCUT2D eigenvalue weighted by Crippen LogP contribution is -2.25. The van der Waals surface area contributed by atoms with E-state index in [9.17, 15) is 22.8 Å². The van der Waals surface area contributed by atoms with Gasteiger partial charge in [-0.3, -0.25) is 14.6 Å². The summed E-state index contributed by atoms with van der Waals surface area (Å²) in [5, 5.41) is 5.57. The number of carbonyl (C=O) groups is 2. The minimum atomic E-state index is -3.78. The first-order valence-corrected chi connectivity index (χ1v) is 9.69. The standard InChI is InChI=1S/C22H17F3N4O4/c23-13-1-3-16(27-7-5-12-6-8-28-17(9-12)20(26)30)15(10-13)21(31)29-14-2-4-18-19(11-14)33-22(24,25)32-18/h1-4,6,8-11,27H,5,7H2,(H2,26,30)(H,29,31). The van der Waals surface area contributed by atoms with Gasteiger partial charge in [-0.1, -0.05) is 0 Å². The summed E-state index contributed by atoms with van der Waals surface area (Å²) in [5.74, 6) is -2.34. The van der Waals surface area contributed by atoms with Crippen molar-refractivity contribution < 1.29 is 32.2 Å². The number of fused-ring (bicyclic) bond motifs is 1. The summed E-state index contributed by atoms with van der Waals surface area (Å²) in [5.41, 5.74) is 6.67. The molecule has 0 fully saturated rings. The zero-order valence-corrected chi connectivity index (χ0v) is 16.9. The highest BCUT2D eigenvalue weighted by atomic mass is 19.3. The van der Waals surface area contributed by atoms with Gasteiger partial charge in [0.25, 0.3) is 11.8 Å². The summed E-state index contributed by atoms with van der Waals surface area (Å²) >= 11 is 0. The monoisotopic (exact) mass is 458 g/mol. The van der Waals surface area contributed by atoms with Crippen LogP contribution in [0.4, 0.5) is 24.5 Å². The number of nitrogens with two attached hydrogens (primary N) is 1. The SMILES string of the molecule is NC(=O)c1cc(CCNc2ccc(F)cc2C(=O)Nc2ccc3c(c2)OC(F)(F)O3)ccn1. The highest BCUT2D eigenvalue weighted by Crippen LogP contribution is 2.42. The predicted molar refractivity (Wildman–Crippen MR) is 112 cm³/mol. The number of pyridine rings is 1. The minimum absolute atomic E-state index is 0.00514. The second-order valence-corrected chi connectivity index (χ2v) is 7.06. The van der Waals surface area contributed by atoms with E-state index in [-0.39, 0.29) is 28.4 Å². The third-order valence-corrected chi connectivity index (χ3v) is 4.69. The van der Waals surface area contributed by atoms with E-state index in [1.54, 1.807) is 12.1 Å². The fourth-order valence-electron chi connectivity index (χ4n) is 3.19. The molecule has 1 aliphatic heterocycles. The van der Waals surface area contributed by atoms with Crippen molar-refractivity contribution in [3.05, 3.63) is 77.4 Å². The second kappa shape index (κ2) is 8.69. The van der Waals surface area contributed by atoms with E-state index in [2.05, 4.69) is 25.1 Å². The van der Waals surface area contributed by atoms with Crippen LogP contribution in [0.3, 0.4) is 0 Å². The quantitative estimate of drug-likeness (QED) is 0.499. The normalized spacial score (nSPS) is 13.4. The van der Waals surface area contributed by atoms with E-state index in [0.717, 1.165) is 11.6 Å². The number of halogens is 3. The van der Waals surface area contributed by atoms with Gasteiger partial charge >= 0.3 is 6.29 Å². The van der Waals surface area contributed by atoms with Crippen molar-refractivity contribution in [1.29, 1.82) is 0 Å². The van der Waals surface area contributed by atoms with E-state index in [0.29, 0.717) is 18.7 Å². The molecule has 1 aliphatic rings. The summed E-state index contributed by atoms with van der Waals surface area (Å²) in [6.07, 6.45) is -1.84. The van der Waals surface area contributed by atoms with Crippen molar-refractivity contribution in [2.45, 2.75) is 12.7 Å². The Bertz CT molecular complexity index is 1240. The van der Waals surface area contributed by atoms with E-state index in [1.807, 2.05) is 0 Å². The van der Waals surface area contributed by atoms with Crippen molar-refractivity contribution in [1.82, 2.24) is 4.98 Å². The van der Waals surface area contributed by atoms with Crippen molar-refractivity contribution >= 4 is 23.2 Å². The molecule has 11 heteroatoms. The first kappa shape index (κ1) is 21.9. The van der Waals surface area contributed by atoms with Crippen LogP contribution in [-0.4, -0.2) is 29.6 Å². The number of carbonyl (C=O) groups excluding carboxylic acids is 2. The van der Waals surface area contributed by atoms with Gasteiger partial charge < -0.3 is 25.8 Å². The lowest BCUT2D eigenvalue weighted by atomic mass is 10.1. The topological polar surface area (TPSA) is 116 Å². The predicted octanol–water partition coefficient (Wildman–Crippen LogP) is 3.55. The smallest absolute Gasteiger partial charge is 0.395 e. The molecule has 0 bridgehead atoms. The number of amides is 2. The Hall–Kier alpha value is -4.28. The molecule has 170 valence electrons. The molecule has 2 amide bonds. The summed E-state index contributed by atoms with van der Waals surface area (Å²) in [4.78, 5) is 27.9. The molecular weight excluding hydrogens is 441 g/mol. The van der Waals surface area contributed by atoms with Crippen LogP contribution in [-0.2, 0) is 6.42 Å². The molecule has 0 spiro atoms. The number of rotatable bonds is 7. The maximum atomic E-state index is 13.8. The fourth-order valence-corrected chi connectivity index (χ4v) is 3.19. The second-order valence-electron chi connectivity index (χ2n) is 7.06. The molecule has 0 aliphatic carbocycles. The zero-order valence-electron chi connectivity index (χ0n) is 16.9. The number of nitrogens with zero attached hydrogens (tertiary/aromatic N) is 1. The van der Waals surface area contributed by atoms with Crippen LogP contribution in [0.15, 0.2) is 54.7 Å². The first-order valence-electron chi connectivity index (χ1n) is 9.69. The average molecular weight is 458 g/mol. The Morgan fingerprint density at radius 2 is 1.82 bits per heavy atom. The molecule has 2 aromatic carbocycles. The molecule has 0 radical (unpaired) electrons. The van der Waals surface area contributed by atoms with Gasteiger partial charge in [-0.25, -0.2) is 4.39 Å². The number of hydrogen-bond acceptors (Lipinski definition) is 6. The van der Waals surface area contributed by atoms with Gasteiger partial charge in [0.1, 0.15) is 11.5 Å². The Labute approximate surface area is 185 Å². The molecule has 0 unspecified atom stereocenters. The lowest BCUT2D eigenvalue weighted by molar-refractivity contribution is -0.286. The molecule has 4 N–H and O–H groups in total. The van der Waals surface area contributed by atoms with Gasteiger partial charge in [0.05, 0.1) is 5.56 Å². The number of nitrogens with one attached hydrogen (secondary N) is 2. The lowest BCUT2D eigenvalue weighted by Gasteiger charge is -2.13. The number of primary amides is 1. The molecule has 33 heavy (non-hydrogen) atoms. The van der Waals surface area contributed by atoms with Crippen LogP contribution in [0.25, 0.3) is 0 Å². The fraction of sp³-hybridized carbons (Fsp3) is 0.136. The Kier molecular flexibility index (Phi) is 5.78. The maximum Gasteiger partial charge on any atom is 0.586 e. The van der Waals surface area contributed by atoms with Gasteiger partial charge in [0, 0.05) is 30.2 Å². The van der Waals surface area contributed by atoms with Crippen molar-refractivity contribution in [2.75, 3.05) is 17.2 Å². The van der Waals surface area contributed by atoms with Gasteiger partial charge in [0.2, 0.25) is 0 Å². The largest absolute Gasteiger partial charge is 0.586 e. The van der Waals surface area contributed by atoms with E-state index in [4.69, 9.17) is 5.73 Å². The van der Waals surface area contributed by atoms with E-state index >= 15 is 0 Å². The maximum absolute atomic E-state index is 13.8. The molecular formula is C22H17F3N4O4. The Balaban J connectivity index is 1.45. The van der Waals surface area contributed by atoms with Gasteiger partial charge in [0.15, 0.2) is 11.5 Å². The van der Waals surface area contributed by atoms with Crippen molar-refractivity contribution in [3.8, 4) is 11.5 Å². The van der Waals surface area contributed by atoms with E-state index < -0.39 is 23.9 Å². The number of hydrogen-bond donors (Lipinski definition) is 3. The van der Waals surface area contributed by atoms with Crippen molar-refractivity contribution in [2.24, 2.45) is 5.73 Å². The highest BCUT2D eigenvalue weighted by molar-refractivity contribution is 6.08. The summed E-state index contributed by atoms with van der Waals surface area (Å²) in [6, 6.07) is 10.7. The molecule has 0 atom stereocenters. The van der Waals surface area contributed by atoms with Crippen LogP contribution in [0.1, 0.15) is 26.4 Å². The van der Waals surface area contributed by atoms with Crippen molar-refractivity contribution in [3.63, 3.8) is 0 Å². The summed E-state index contributed by atoms with van der Waals surface area (Å²) in [7, 11) is 0. The third-order valence-electron chi connectivity index (χ3n) is 4.69. The Morgan fingerprint density at radius 3 is 2.61 bits per heavy atom. The Morgan fingerprint density at radius 1 is 1.03 bits per heavy atom. The number of aromatic nitrogens is 1. The molecule has 3 aromatic rings. The number of anilines is 2. The molecule has 8 nitrogen and oxygen atoms in total. The zero-order chi connectivity index (χ0) is 23.6. The minimum Gasteiger partial charge on any atom is -0.395 e. The highest BCUT2D eigenvalue weighted by Gasteiger charge is 2.43. The van der Waals surface area contributed by atoms with Gasteiger partial charge in [-0.2, -0.15) is 0 Å². The molecule has 2 heterocycles. The van der Waals surface area contributed by atoms with Gasteiger partial charge in [-0.05, 0) is 54.4 Å². The number of ether oxygens (including phenoxy) is 2. The summed E-state index contributed by atoms with van der Waals surface area (Å²) in [6.45, 7) is 0.354. The molecule has 0 saturated heterocycles. The number of benzene rings is 2. The van der Waals surface area contributed by atoms with Crippen LogP contribution in [0.5, 0.6) is 11.5 Å².